The fourth-order valence-corrected chi connectivity index (χ4v) is 5.30. The normalized spacial score (nSPS) is 21.8. The highest BCUT2D eigenvalue weighted by Gasteiger charge is 2.36. The van der Waals surface area contributed by atoms with Gasteiger partial charge in [0.2, 0.25) is 0 Å². The summed E-state index contributed by atoms with van der Waals surface area (Å²) in [6.45, 7) is 3.29. The van der Waals surface area contributed by atoms with Crippen molar-refractivity contribution in [2.24, 2.45) is 0 Å². The van der Waals surface area contributed by atoms with Crippen LogP contribution in [0, 0.1) is 0 Å². The molecule has 1 aliphatic heterocycles. The Morgan fingerprint density at radius 2 is 1.77 bits per heavy atom. The minimum Gasteiger partial charge on any atom is -0.378 e. The second-order valence-corrected chi connectivity index (χ2v) is 8.88. The van der Waals surface area contributed by atoms with Gasteiger partial charge in [-0.05, 0) is 47.0 Å². The van der Waals surface area contributed by atoms with Gasteiger partial charge in [0.1, 0.15) is 4.60 Å². The van der Waals surface area contributed by atoms with Crippen LogP contribution >= 0.6 is 15.9 Å². The number of aromatic nitrogens is 4. The highest BCUT2D eigenvalue weighted by molar-refractivity contribution is 9.10. The third kappa shape index (κ3) is 2.99. The van der Waals surface area contributed by atoms with E-state index in [1.165, 1.54) is 11.1 Å². The number of nitrogens with zero attached hydrogens (tertiary/aromatic N) is 5. The lowest BCUT2D eigenvalue weighted by Crippen LogP contribution is -2.36. The molecule has 1 saturated heterocycles. The standard InChI is InChI=1S/C23H22BrN5O/c24-22-21(27-23-20(7-8-25-29(22)23)28-9-11-30-12-10-28)17-13-16(14-17)19-6-5-15-3-1-2-4-18(15)26-19/h1-8,16-17H,9-14H2/t16-,17-. The third-order valence-electron chi connectivity index (χ3n) is 6.38. The lowest BCUT2D eigenvalue weighted by Gasteiger charge is -2.34. The monoisotopic (exact) mass is 463 g/mol. The largest absolute Gasteiger partial charge is 0.378 e. The van der Waals surface area contributed by atoms with Crippen LogP contribution in [0.1, 0.15) is 36.1 Å². The topological polar surface area (TPSA) is 55.5 Å². The molecule has 6 nitrogen and oxygen atoms in total. The summed E-state index contributed by atoms with van der Waals surface area (Å²) in [6.07, 6.45) is 4.00. The number of ether oxygens (including phenoxy) is 1. The summed E-state index contributed by atoms with van der Waals surface area (Å²) in [5, 5.41) is 5.74. The summed E-state index contributed by atoms with van der Waals surface area (Å²) in [4.78, 5) is 12.3. The molecule has 30 heavy (non-hydrogen) atoms. The number of halogens is 1. The van der Waals surface area contributed by atoms with Gasteiger partial charge in [0.05, 0.1) is 36.3 Å². The molecule has 2 aliphatic rings. The van der Waals surface area contributed by atoms with Crippen LogP contribution in [0.25, 0.3) is 16.6 Å². The second-order valence-electron chi connectivity index (χ2n) is 8.13. The van der Waals surface area contributed by atoms with Crippen LogP contribution in [0.15, 0.2) is 53.3 Å². The Bertz CT molecular complexity index is 1230. The maximum atomic E-state index is 5.51. The van der Waals surface area contributed by atoms with Crippen molar-refractivity contribution in [3.8, 4) is 0 Å². The van der Waals surface area contributed by atoms with Gasteiger partial charge in [0.15, 0.2) is 5.65 Å². The first-order valence-electron chi connectivity index (χ1n) is 10.5. The van der Waals surface area contributed by atoms with Gasteiger partial charge in [-0.25, -0.2) is 9.50 Å². The second kappa shape index (κ2) is 7.32. The molecule has 1 aromatic carbocycles. The molecular weight excluding hydrogens is 442 g/mol. The van der Waals surface area contributed by atoms with Crippen LogP contribution in [0.5, 0.6) is 0 Å². The van der Waals surface area contributed by atoms with Gasteiger partial charge in [-0.3, -0.25) is 4.98 Å². The van der Waals surface area contributed by atoms with E-state index in [-0.39, 0.29) is 0 Å². The van der Waals surface area contributed by atoms with Crippen molar-refractivity contribution in [1.82, 2.24) is 19.6 Å². The molecule has 6 rings (SSSR count). The zero-order valence-electron chi connectivity index (χ0n) is 16.5. The minimum atomic E-state index is 0.428. The van der Waals surface area contributed by atoms with Crippen molar-refractivity contribution in [2.45, 2.75) is 24.7 Å². The van der Waals surface area contributed by atoms with E-state index in [1.807, 2.05) is 10.7 Å². The van der Waals surface area contributed by atoms with Crippen molar-refractivity contribution < 1.29 is 4.74 Å². The molecule has 1 saturated carbocycles. The number of benzene rings is 1. The van der Waals surface area contributed by atoms with Crippen LogP contribution in [0.4, 0.5) is 5.69 Å². The van der Waals surface area contributed by atoms with E-state index in [2.05, 4.69) is 68.4 Å². The molecule has 4 heterocycles. The summed E-state index contributed by atoms with van der Waals surface area (Å²) in [7, 11) is 0. The van der Waals surface area contributed by atoms with E-state index in [9.17, 15) is 0 Å². The number of hydrogen-bond acceptors (Lipinski definition) is 5. The Morgan fingerprint density at radius 1 is 0.933 bits per heavy atom. The van der Waals surface area contributed by atoms with Gasteiger partial charge < -0.3 is 9.64 Å². The highest BCUT2D eigenvalue weighted by Crippen LogP contribution is 2.48. The number of hydrogen-bond donors (Lipinski definition) is 0. The Morgan fingerprint density at radius 3 is 2.63 bits per heavy atom. The Hall–Kier alpha value is -2.51. The van der Waals surface area contributed by atoms with Gasteiger partial charge in [0.25, 0.3) is 0 Å². The van der Waals surface area contributed by atoms with E-state index in [4.69, 9.17) is 14.7 Å². The number of imidazole rings is 1. The zero-order valence-corrected chi connectivity index (χ0v) is 18.1. The number of anilines is 1. The van der Waals surface area contributed by atoms with Gasteiger partial charge in [0, 0.05) is 36.0 Å². The lowest BCUT2D eigenvalue weighted by atomic mass is 9.71. The van der Waals surface area contributed by atoms with E-state index in [1.54, 1.807) is 0 Å². The van der Waals surface area contributed by atoms with E-state index >= 15 is 0 Å². The molecule has 7 heteroatoms. The molecule has 0 atom stereocenters. The number of morpholine rings is 1. The molecule has 3 aromatic heterocycles. The lowest BCUT2D eigenvalue weighted by molar-refractivity contribution is 0.123. The zero-order chi connectivity index (χ0) is 20.1. The van der Waals surface area contributed by atoms with Crippen molar-refractivity contribution in [3.05, 3.63) is 64.7 Å². The maximum Gasteiger partial charge on any atom is 0.178 e. The minimum absolute atomic E-state index is 0.428. The maximum absolute atomic E-state index is 5.51. The summed E-state index contributed by atoms with van der Waals surface area (Å²) >= 11 is 3.77. The van der Waals surface area contributed by atoms with Crippen LogP contribution in [-0.2, 0) is 4.74 Å². The van der Waals surface area contributed by atoms with E-state index in [0.717, 1.165) is 66.3 Å². The number of rotatable bonds is 3. The molecule has 0 spiro atoms. The molecule has 4 aromatic rings. The Labute approximate surface area is 183 Å². The smallest absolute Gasteiger partial charge is 0.178 e. The number of para-hydroxylation sites is 1. The average molecular weight is 464 g/mol. The van der Waals surface area contributed by atoms with Crippen molar-refractivity contribution in [1.29, 1.82) is 0 Å². The molecule has 0 amide bonds. The van der Waals surface area contributed by atoms with Crippen molar-refractivity contribution in [3.63, 3.8) is 0 Å². The van der Waals surface area contributed by atoms with Crippen LogP contribution in [-0.4, -0.2) is 45.9 Å². The van der Waals surface area contributed by atoms with E-state index in [0.29, 0.717) is 11.8 Å². The summed E-state index contributed by atoms with van der Waals surface area (Å²) in [5.74, 6) is 0.917. The fourth-order valence-electron chi connectivity index (χ4n) is 4.63. The number of pyridine rings is 1. The third-order valence-corrected chi connectivity index (χ3v) is 7.12. The summed E-state index contributed by atoms with van der Waals surface area (Å²) in [6, 6.07) is 14.7. The summed E-state index contributed by atoms with van der Waals surface area (Å²) < 4.78 is 8.41. The van der Waals surface area contributed by atoms with Gasteiger partial charge in [-0.2, -0.15) is 5.10 Å². The van der Waals surface area contributed by atoms with Gasteiger partial charge in [-0.15, -0.1) is 0 Å². The molecular formula is C23H22BrN5O. The highest BCUT2D eigenvalue weighted by atomic mass is 79.9. The predicted octanol–water partition coefficient (Wildman–Crippen LogP) is 4.54. The molecule has 0 unspecified atom stereocenters. The van der Waals surface area contributed by atoms with Gasteiger partial charge >= 0.3 is 0 Å². The van der Waals surface area contributed by atoms with Crippen LogP contribution < -0.4 is 4.90 Å². The van der Waals surface area contributed by atoms with E-state index < -0.39 is 0 Å². The predicted molar refractivity (Wildman–Crippen MR) is 120 cm³/mol. The first-order valence-corrected chi connectivity index (χ1v) is 11.3. The molecule has 0 N–H and O–H groups in total. The molecule has 152 valence electrons. The first kappa shape index (κ1) is 18.3. The first-order chi connectivity index (χ1) is 14.8. The average Bonchev–Trinajstić information content (AvgIpc) is 3.10. The van der Waals surface area contributed by atoms with Gasteiger partial charge in [-0.1, -0.05) is 24.3 Å². The van der Waals surface area contributed by atoms with Crippen LogP contribution in [0.2, 0.25) is 0 Å². The Balaban J connectivity index is 1.27. The van der Waals surface area contributed by atoms with Crippen molar-refractivity contribution >= 4 is 38.2 Å². The fraction of sp³-hybridized carbons (Fsp3) is 0.348. The van der Waals surface area contributed by atoms with Crippen molar-refractivity contribution in [2.75, 3.05) is 31.2 Å². The molecule has 0 radical (unpaired) electrons. The molecule has 0 bridgehead atoms. The summed E-state index contributed by atoms with van der Waals surface area (Å²) in [5.41, 5.74) is 5.44. The molecule has 2 fully saturated rings. The number of fused-ring (bicyclic) bond motifs is 2. The Kier molecular flexibility index (Phi) is 4.46. The van der Waals surface area contributed by atoms with Crippen LogP contribution in [0.3, 0.4) is 0 Å². The quantitative estimate of drug-likeness (QED) is 0.446. The SMILES string of the molecule is Brc1c([C@H]2C[C@H](c3ccc4ccccc4n3)C2)nc2c(N3CCOCC3)ccnn12. The molecule has 1 aliphatic carbocycles.